The normalized spacial score (nSPS) is 21.4. The lowest BCUT2D eigenvalue weighted by molar-refractivity contribution is 0.406. The van der Waals surface area contributed by atoms with Gasteiger partial charge in [-0.3, -0.25) is 4.40 Å². The molecular formula is C12H14ClN3O. The summed E-state index contributed by atoms with van der Waals surface area (Å²) in [7, 11) is 2.09. The standard InChI is InChI=1S/C12H14ClN3O/c1-15-6-5-8(7-15)12-14-11(13)9-3-2-4-10(17)16(9)12/h2-4,8,17H,5-7H2,1H3. The maximum absolute atomic E-state index is 9.94. The number of hydrogen-bond acceptors (Lipinski definition) is 3. The Kier molecular flexibility index (Phi) is 2.49. The second-order valence-electron chi connectivity index (χ2n) is 4.61. The summed E-state index contributed by atoms with van der Waals surface area (Å²) in [6.45, 7) is 2.02. The van der Waals surface area contributed by atoms with Crippen molar-refractivity contribution in [3.63, 3.8) is 0 Å². The Morgan fingerprint density at radius 2 is 2.29 bits per heavy atom. The van der Waals surface area contributed by atoms with Crippen LogP contribution in [0.25, 0.3) is 5.52 Å². The number of imidazole rings is 1. The van der Waals surface area contributed by atoms with Gasteiger partial charge in [0, 0.05) is 12.5 Å². The fourth-order valence-corrected chi connectivity index (χ4v) is 2.76. The molecule has 1 fully saturated rings. The topological polar surface area (TPSA) is 40.8 Å². The first kappa shape index (κ1) is 10.9. The molecule has 2 aromatic heterocycles. The zero-order valence-electron chi connectivity index (χ0n) is 9.60. The van der Waals surface area contributed by atoms with E-state index >= 15 is 0 Å². The van der Waals surface area contributed by atoms with Crippen LogP contribution in [0.2, 0.25) is 5.15 Å². The zero-order valence-corrected chi connectivity index (χ0v) is 10.4. The summed E-state index contributed by atoms with van der Waals surface area (Å²) in [6, 6.07) is 5.31. The SMILES string of the molecule is CN1CCC(c2nc(Cl)c3cccc(O)n23)C1. The highest BCUT2D eigenvalue weighted by Gasteiger charge is 2.26. The highest BCUT2D eigenvalue weighted by molar-refractivity contribution is 6.32. The summed E-state index contributed by atoms with van der Waals surface area (Å²) in [5, 5.41) is 10.4. The Bertz CT molecular complexity index is 566. The molecule has 5 heteroatoms. The molecule has 1 saturated heterocycles. The minimum atomic E-state index is 0.200. The molecule has 0 aromatic carbocycles. The van der Waals surface area contributed by atoms with E-state index in [1.54, 1.807) is 16.5 Å². The summed E-state index contributed by atoms with van der Waals surface area (Å²) >= 11 is 6.11. The van der Waals surface area contributed by atoms with Crippen LogP contribution < -0.4 is 0 Å². The van der Waals surface area contributed by atoms with E-state index in [0.717, 1.165) is 30.9 Å². The summed E-state index contributed by atoms with van der Waals surface area (Å²) < 4.78 is 1.76. The number of fused-ring (bicyclic) bond motifs is 1. The van der Waals surface area contributed by atoms with Crippen molar-refractivity contribution in [1.82, 2.24) is 14.3 Å². The van der Waals surface area contributed by atoms with Crippen LogP contribution in [0.5, 0.6) is 5.88 Å². The van der Waals surface area contributed by atoms with Gasteiger partial charge >= 0.3 is 0 Å². The second-order valence-corrected chi connectivity index (χ2v) is 4.97. The molecule has 1 aliphatic heterocycles. The maximum Gasteiger partial charge on any atom is 0.197 e. The van der Waals surface area contributed by atoms with Crippen LogP contribution >= 0.6 is 11.6 Å². The van der Waals surface area contributed by atoms with E-state index in [9.17, 15) is 5.11 Å². The monoisotopic (exact) mass is 251 g/mol. The number of halogens is 1. The Balaban J connectivity index is 2.16. The Hall–Kier alpha value is -1.26. The molecule has 0 spiro atoms. The van der Waals surface area contributed by atoms with Gasteiger partial charge in [-0.2, -0.15) is 0 Å². The van der Waals surface area contributed by atoms with Crippen LogP contribution in [0.1, 0.15) is 18.2 Å². The number of likely N-dealkylation sites (N-methyl/N-ethyl adjacent to an activating group) is 1. The van der Waals surface area contributed by atoms with Crippen molar-refractivity contribution in [2.45, 2.75) is 12.3 Å². The Morgan fingerprint density at radius 1 is 1.47 bits per heavy atom. The van der Waals surface area contributed by atoms with Crippen molar-refractivity contribution in [3.05, 3.63) is 29.2 Å². The number of hydrogen-bond donors (Lipinski definition) is 1. The number of aromatic hydroxyl groups is 1. The van der Waals surface area contributed by atoms with E-state index in [1.165, 1.54) is 0 Å². The lowest BCUT2D eigenvalue weighted by Gasteiger charge is -2.10. The first-order valence-electron chi connectivity index (χ1n) is 5.71. The van der Waals surface area contributed by atoms with E-state index in [0.29, 0.717) is 11.1 Å². The fraction of sp³-hybridized carbons (Fsp3) is 0.417. The van der Waals surface area contributed by atoms with Gasteiger partial charge in [-0.25, -0.2) is 4.98 Å². The van der Waals surface area contributed by atoms with Gasteiger partial charge in [0.1, 0.15) is 5.82 Å². The molecule has 3 rings (SSSR count). The molecule has 0 bridgehead atoms. The quantitative estimate of drug-likeness (QED) is 0.844. The minimum absolute atomic E-state index is 0.200. The second kappa shape index (κ2) is 3.89. The third kappa shape index (κ3) is 1.68. The van der Waals surface area contributed by atoms with E-state index in [1.807, 2.05) is 6.07 Å². The van der Waals surface area contributed by atoms with Crippen molar-refractivity contribution in [1.29, 1.82) is 0 Å². The molecule has 1 atom stereocenters. The highest BCUT2D eigenvalue weighted by Crippen LogP contribution is 2.31. The minimum Gasteiger partial charge on any atom is -0.494 e. The molecule has 0 aliphatic carbocycles. The molecule has 90 valence electrons. The van der Waals surface area contributed by atoms with Crippen molar-refractivity contribution >= 4 is 17.1 Å². The zero-order chi connectivity index (χ0) is 12.0. The molecule has 1 unspecified atom stereocenters. The number of nitrogens with zero attached hydrogens (tertiary/aromatic N) is 3. The van der Waals surface area contributed by atoms with E-state index in [2.05, 4.69) is 16.9 Å². The molecule has 1 N–H and O–H groups in total. The smallest absolute Gasteiger partial charge is 0.197 e. The van der Waals surface area contributed by atoms with E-state index in [-0.39, 0.29) is 5.88 Å². The first-order valence-corrected chi connectivity index (χ1v) is 6.09. The van der Waals surface area contributed by atoms with Gasteiger partial charge in [0.15, 0.2) is 11.0 Å². The largest absolute Gasteiger partial charge is 0.494 e. The third-order valence-electron chi connectivity index (χ3n) is 3.38. The Labute approximate surface area is 104 Å². The maximum atomic E-state index is 9.94. The van der Waals surface area contributed by atoms with Crippen LogP contribution in [0.15, 0.2) is 18.2 Å². The summed E-state index contributed by atoms with van der Waals surface area (Å²) in [5.41, 5.74) is 0.774. The molecule has 0 saturated carbocycles. The first-order chi connectivity index (χ1) is 8.16. The van der Waals surface area contributed by atoms with Gasteiger partial charge in [-0.05, 0) is 32.1 Å². The predicted molar refractivity (Wildman–Crippen MR) is 66.7 cm³/mol. The molecule has 2 aromatic rings. The average molecular weight is 252 g/mol. The summed E-state index contributed by atoms with van der Waals surface area (Å²) in [5.74, 6) is 1.41. The lowest BCUT2D eigenvalue weighted by Crippen LogP contribution is -2.14. The number of aromatic nitrogens is 2. The van der Waals surface area contributed by atoms with Crippen molar-refractivity contribution in [2.75, 3.05) is 20.1 Å². The summed E-state index contributed by atoms with van der Waals surface area (Å²) in [4.78, 5) is 6.67. The van der Waals surface area contributed by atoms with Crippen LogP contribution in [0.4, 0.5) is 0 Å². The van der Waals surface area contributed by atoms with Crippen LogP contribution in [0, 0.1) is 0 Å². The molecule has 3 heterocycles. The van der Waals surface area contributed by atoms with Gasteiger partial charge in [0.05, 0.1) is 5.52 Å². The van der Waals surface area contributed by atoms with Gasteiger partial charge in [-0.15, -0.1) is 0 Å². The van der Waals surface area contributed by atoms with Crippen molar-refractivity contribution < 1.29 is 5.11 Å². The molecule has 0 radical (unpaired) electrons. The van der Waals surface area contributed by atoms with Gasteiger partial charge in [0.2, 0.25) is 0 Å². The molecule has 17 heavy (non-hydrogen) atoms. The van der Waals surface area contributed by atoms with Gasteiger partial charge < -0.3 is 10.0 Å². The molecular weight excluding hydrogens is 238 g/mol. The average Bonchev–Trinajstić information content (AvgIpc) is 2.85. The van der Waals surface area contributed by atoms with Crippen LogP contribution in [-0.2, 0) is 0 Å². The van der Waals surface area contributed by atoms with Gasteiger partial charge in [0.25, 0.3) is 0 Å². The third-order valence-corrected chi connectivity index (χ3v) is 3.66. The van der Waals surface area contributed by atoms with E-state index < -0.39 is 0 Å². The molecule has 4 nitrogen and oxygen atoms in total. The van der Waals surface area contributed by atoms with E-state index in [4.69, 9.17) is 11.6 Å². The van der Waals surface area contributed by atoms with Crippen LogP contribution in [0.3, 0.4) is 0 Å². The fourth-order valence-electron chi connectivity index (χ4n) is 2.53. The number of pyridine rings is 1. The van der Waals surface area contributed by atoms with Gasteiger partial charge in [-0.1, -0.05) is 17.7 Å². The summed E-state index contributed by atoms with van der Waals surface area (Å²) in [6.07, 6.45) is 1.06. The molecule has 1 aliphatic rings. The van der Waals surface area contributed by atoms with Crippen molar-refractivity contribution in [2.24, 2.45) is 0 Å². The van der Waals surface area contributed by atoms with Crippen LogP contribution in [-0.4, -0.2) is 39.5 Å². The molecule has 0 amide bonds. The predicted octanol–water partition coefficient (Wildman–Crippen LogP) is 2.11. The highest BCUT2D eigenvalue weighted by atomic mass is 35.5. The number of rotatable bonds is 1. The Morgan fingerprint density at radius 3 is 3.00 bits per heavy atom. The number of likely N-dealkylation sites (tertiary alicyclic amines) is 1. The van der Waals surface area contributed by atoms with Crippen molar-refractivity contribution in [3.8, 4) is 5.88 Å². The lowest BCUT2D eigenvalue weighted by atomic mass is 10.1.